The van der Waals surface area contributed by atoms with E-state index in [1.54, 1.807) is 0 Å². The van der Waals surface area contributed by atoms with Crippen LogP contribution in [0, 0.1) is 11.5 Å². The number of hydrogen-bond donors (Lipinski definition) is 3. The highest BCUT2D eigenvalue weighted by Crippen LogP contribution is 2.31. The fourth-order valence-corrected chi connectivity index (χ4v) is 8.42. The number of guanidine groups is 1. The highest BCUT2D eigenvalue weighted by atomic mass is 79.9. The Hall–Kier alpha value is -3.67. The van der Waals surface area contributed by atoms with E-state index in [4.69, 9.17) is 10.7 Å². The quantitative estimate of drug-likeness (QED) is 0.104. The number of rotatable bonds is 7. The largest absolute Gasteiger partial charge is 0.397 e. The Labute approximate surface area is 297 Å². The van der Waals surface area contributed by atoms with Crippen molar-refractivity contribution in [2.45, 2.75) is 69.5 Å². The van der Waals surface area contributed by atoms with Gasteiger partial charge in [-0.3, -0.25) is 15.1 Å². The second-order valence-electron chi connectivity index (χ2n) is 12.8. The minimum Gasteiger partial charge on any atom is -0.397 e. The van der Waals surface area contributed by atoms with Crippen molar-refractivity contribution in [2.24, 2.45) is 4.99 Å². The predicted molar refractivity (Wildman–Crippen MR) is 193 cm³/mol. The Balaban J connectivity index is 1.19. The van der Waals surface area contributed by atoms with Crippen LogP contribution in [0.2, 0.25) is 0 Å². The van der Waals surface area contributed by atoms with Gasteiger partial charge in [-0.2, -0.15) is 5.26 Å². The fourth-order valence-electron chi connectivity index (χ4n) is 7.13. The summed E-state index contributed by atoms with van der Waals surface area (Å²) >= 11 is 7.08. The maximum absolute atomic E-state index is 14.2. The standard InChI is InChI=1S/C34H42Br2N10O2/c35-27-19-23(20-28(36)30(27)38)21-29(32(47)44-15-9-25(10-16-44)43-13-5-2-6-14-43)40-33(39-22-37)45-17-11-26(12-18-45)46-34(48)41-31(42-46)24-7-3-1-4-8-24/h1,3-4,7-8,19-20,25-26,29H,2,5-6,9-18,21,38H2,(H,39,40)(H,41,42,48)/t29-/m0/s1. The Morgan fingerprint density at radius 2 is 1.60 bits per heavy atom. The minimum atomic E-state index is -0.741. The van der Waals surface area contributed by atoms with Crippen LogP contribution < -0.4 is 16.7 Å². The van der Waals surface area contributed by atoms with Crippen LogP contribution in [-0.2, 0) is 11.2 Å². The van der Waals surface area contributed by atoms with Crippen molar-refractivity contribution in [1.29, 1.82) is 5.26 Å². The van der Waals surface area contributed by atoms with E-state index in [9.17, 15) is 14.9 Å². The average Bonchev–Trinajstić information content (AvgIpc) is 3.52. The van der Waals surface area contributed by atoms with Crippen molar-refractivity contribution in [2.75, 3.05) is 45.0 Å². The molecule has 0 radical (unpaired) electrons. The van der Waals surface area contributed by atoms with Gasteiger partial charge in [0, 0.05) is 53.2 Å². The molecule has 0 unspecified atom stereocenters. The summed E-state index contributed by atoms with van der Waals surface area (Å²) in [6.45, 7) is 4.76. The van der Waals surface area contributed by atoms with Crippen molar-refractivity contribution in [3.05, 3.63) is 67.5 Å². The maximum Gasteiger partial charge on any atom is 0.343 e. The summed E-state index contributed by atoms with van der Waals surface area (Å²) in [4.78, 5) is 41.4. The molecule has 3 saturated heterocycles. The molecule has 48 heavy (non-hydrogen) atoms. The number of aliphatic imine (C=N–C) groups is 1. The molecule has 12 nitrogen and oxygen atoms in total. The molecule has 1 aromatic heterocycles. The van der Waals surface area contributed by atoms with Crippen LogP contribution in [0.5, 0.6) is 0 Å². The third-order valence-electron chi connectivity index (χ3n) is 9.78. The Morgan fingerprint density at radius 3 is 2.25 bits per heavy atom. The SMILES string of the molecule is N#CNC(=N[C@@H](Cc1cc(Br)c(N)c(Br)c1)C(=O)N1CCC(N2CCCCC2)CC1)N1CCC(n2nc(-c3ccccc3)[nH]c2=O)CC1. The molecule has 4 heterocycles. The van der Waals surface area contributed by atoms with E-state index < -0.39 is 6.04 Å². The Bertz CT molecular complexity index is 1670. The summed E-state index contributed by atoms with van der Waals surface area (Å²) in [6, 6.07) is 13.1. The normalized spacial score (nSPS) is 19.2. The highest BCUT2D eigenvalue weighted by molar-refractivity contribution is 9.11. The van der Waals surface area contributed by atoms with Crippen molar-refractivity contribution in [3.63, 3.8) is 0 Å². The van der Waals surface area contributed by atoms with Gasteiger partial charge in [0.25, 0.3) is 0 Å². The predicted octanol–water partition coefficient (Wildman–Crippen LogP) is 4.50. The fraction of sp³-hybridized carbons (Fsp3) is 0.500. The van der Waals surface area contributed by atoms with E-state index >= 15 is 0 Å². The number of H-pyrrole nitrogens is 1. The van der Waals surface area contributed by atoms with Gasteiger partial charge >= 0.3 is 5.69 Å². The number of nitrogen functional groups attached to an aromatic ring is 1. The first-order valence-electron chi connectivity index (χ1n) is 16.8. The molecule has 0 aliphatic carbocycles. The molecular weight excluding hydrogens is 740 g/mol. The molecule has 254 valence electrons. The molecule has 3 aromatic rings. The monoisotopic (exact) mass is 780 g/mol. The molecule has 1 amide bonds. The lowest BCUT2D eigenvalue weighted by molar-refractivity contribution is -0.134. The Morgan fingerprint density at radius 1 is 0.979 bits per heavy atom. The molecule has 2 aromatic carbocycles. The second-order valence-corrected chi connectivity index (χ2v) is 14.6. The number of aromatic amines is 1. The van der Waals surface area contributed by atoms with Gasteiger partial charge in [0.2, 0.25) is 11.9 Å². The third-order valence-corrected chi connectivity index (χ3v) is 11.1. The van der Waals surface area contributed by atoms with Crippen LogP contribution in [0.15, 0.2) is 61.2 Å². The molecule has 1 atom stereocenters. The summed E-state index contributed by atoms with van der Waals surface area (Å²) in [5, 5.41) is 17.1. The van der Waals surface area contributed by atoms with Gasteiger partial charge in [0.15, 0.2) is 12.0 Å². The van der Waals surface area contributed by atoms with E-state index in [2.05, 4.69) is 52.2 Å². The van der Waals surface area contributed by atoms with Gasteiger partial charge < -0.3 is 20.4 Å². The average molecular weight is 783 g/mol. The van der Waals surface area contributed by atoms with Crippen molar-refractivity contribution in [3.8, 4) is 17.6 Å². The number of anilines is 1. The molecule has 0 spiro atoms. The molecule has 3 aliphatic rings. The third kappa shape index (κ3) is 7.96. The number of piperidine rings is 3. The topological polar surface area (TPSA) is 152 Å². The number of nitriles is 1. The van der Waals surface area contributed by atoms with Gasteiger partial charge in [0.05, 0.1) is 11.7 Å². The molecule has 0 saturated carbocycles. The molecule has 4 N–H and O–H groups in total. The smallest absolute Gasteiger partial charge is 0.343 e. The summed E-state index contributed by atoms with van der Waals surface area (Å²) in [7, 11) is 0. The lowest BCUT2D eigenvalue weighted by Crippen LogP contribution is -2.51. The van der Waals surface area contributed by atoms with E-state index in [0.29, 0.717) is 69.0 Å². The number of benzene rings is 2. The molecule has 14 heteroatoms. The van der Waals surface area contributed by atoms with E-state index in [1.807, 2.05) is 58.5 Å². The summed E-state index contributed by atoms with van der Waals surface area (Å²) in [5.74, 6) is 0.865. The number of halogens is 2. The molecule has 6 rings (SSSR count). The first kappa shape index (κ1) is 34.2. The van der Waals surface area contributed by atoms with Crippen LogP contribution in [-0.4, -0.2) is 92.7 Å². The number of nitrogens with two attached hydrogens (primary N) is 1. The van der Waals surface area contributed by atoms with Gasteiger partial charge in [-0.1, -0.05) is 36.8 Å². The van der Waals surface area contributed by atoms with E-state index in [0.717, 1.165) is 46.0 Å². The van der Waals surface area contributed by atoms with Crippen LogP contribution in [0.3, 0.4) is 0 Å². The second kappa shape index (κ2) is 15.7. The van der Waals surface area contributed by atoms with E-state index in [1.165, 1.54) is 23.9 Å². The van der Waals surface area contributed by atoms with Gasteiger partial charge in [-0.15, -0.1) is 5.10 Å². The zero-order valence-corrected chi connectivity index (χ0v) is 30.1. The van der Waals surface area contributed by atoms with Crippen molar-refractivity contribution >= 4 is 49.4 Å². The number of nitrogens with zero attached hydrogens (tertiary/aromatic N) is 7. The lowest BCUT2D eigenvalue weighted by atomic mass is 9.98. The maximum atomic E-state index is 14.2. The van der Waals surface area contributed by atoms with Crippen molar-refractivity contribution < 1.29 is 4.79 Å². The zero-order valence-electron chi connectivity index (χ0n) is 27.0. The number of aromatic nitrogens is 3. The minimum absolute atomic E-state index is 0.0418. The number of nitrogens with one attached hydrogen (secondary N) is 2. The van der Waals surface area contributed by atoms with Gasteiger partial charge in [0.1, 0.15) is 6.04 Å². The van der Waals surface area contributed by atoms with Crippen LogP contribution in [0.1, 0.15) is 56.6 Å². The molecular formula is C34H42Br2N10O2. The molecule has 3 aliphatic heterocycles. The number of likely N-dealkylation sites (tertiary alicyclic amines) is 3. The number of amides is 1. The molecule has 0 bridgehead atoms. The summed E-state index contributed by atoms with van der Waals surface area (Å²) < 4.78 is 3.02. The van der Waals surface area contributed by atoms with E-state index in [-0.39, 0.29) is 17.6 Å². The molecule has 3 fully saturated rings. The van der Waals surface area contributed by atoms with Crippen LogP contribution in [0.4, 0.5) is 5.69 Å². The first-order chi connectivity index (χ1) is 23.3. The number of hydrogen-bond acceptors (Lipinski definition) is 7. The first-order valence-corrected chi connectivity index (χ1v) is 18.4. The van der Waals surface area contributed by atoms with Crippen molar-refractivity contribution in [1.82, 2.24) is 34.8 Å². The highest BCUT2D eigenvalue weighted by Gasteiger charge is 2.33. The Kier molecular flexibility index (Phi) is 11.2. The number of carbonyl (C=O) groups excluding carboxylic acids is 1. The zero-order chi connectivity index (χ0) is 33.6. The van der Waals surface area contributed by atoms with Gasteiger partial charge in [-0.25, -0.2) is 14.5 Å². The lowest BCUT2D eigenvalue weighted by Gasteiger charge is -2.40. The summed E-state index contributed by atoms with van der Waals surface area (Å²) in [6.07, 6.45) is 9.36. The summed E-state index contributed by atoms with van der Waals surface area (Å²) in [5.41, 5.74) is 8.26. The van der Waals surface area contributed by atoms with Gasteiger partial charge in [-0.05, 0) is 101 Å². The van der Waals surface area contributed by atoms with Crippen LogP contribution in [0.25, 0.3) is 11.4 Å². The number of carbonyl (C=O) groups is 1. The van der Waals surface area contributed by atoms with Crippen LogP contribution >= 0.6 is 31.9 Å².